The molecule has 0 bridgehead atoms. The second kappa shape index (κ2) is 5.69. The number of carboxylic acids is 1. The van der Waals surface area contributed by atoms with Crippen LogP contribution in [0, 0.1) is 18.6 Å². The van der Waals surface area contributed by atoms with Crippen molar-refractivity contribution in [2.75, 3.05) is 0 Å². The van der Waals surface area contributed by atoms with Gasteiger partial charge in [-0.1, -0.05) is 12.1 Å². The number of carbonyl (C=O) groups is 1. The fourth-order valence-electron chi connectivity index (χ4n) is 1.78. The molecule has 104 valence electrons. The molecule has 0 atom stereocenters. The first-order valence-corrected chi connectivity index (χ1v) is 5.88. The van der Waals surface area contributed by atoms with Gasteiger partial charge in [-0.15, -0.1) is 0 Å². The van der Waals surface area contributed by atoms with Crippen LogP contribution in [0.5, 0.6) is 5.75 Å². The molecule has 0 aliphatic heterocycles. The van der Waals surface area contributed by atoms with E-state index in [4.69, 9.17) is 9.84 Å². The summed E-state index contributed by atoms with van der Waals surface area (Å²) in [4.78, 5) is 11.0. The summed E-state index contributed by atoms with van der Waals surface area (Å²) < 4.78 is 32.1. The summed E-state index contributed by atoms with van der Waals surface area (Å²) in [7, 11) is 0. The van der Waals surface area contributed by atoms with Crippen molar-refractivity contribution in [1.29, 1.82) is 0 Å². The Hall–Kier alpha value is -2.43. The highest BCUT2D eigenvalue weighted by Gasteiger charge is 2.13. The molecule has 1 N–H and O–H groups in total. The monoisotopic (exact) mass is 278 g/mol. The van der Waals surface area contributed by atoms with Gasteiger partial charge in [0, 0.05) is 5.56 Å². The molecule has 2 aromatic rings. The molecule has 0 aliphatic carbocycles. The van der Waals surface area contributed by atoms with Crippen LogP contribution in [0.3, 0.4) is 0 Å². The van der Waals surface area contributed by atoms with Gasteiger partial charge in [-0.05, 0) is 36.8 Å². The summed E-state index contributed by atoms with van der Waals surface area (Å²) in [5, 5.41) is 9.00. The smallest absolute Gasteiger partial charge is 0.336 e. The maximum Gasteiger partial charge on any atom is 0.336 e. The van der Waals surface area contributed by atoms with E-state index >= 15 is 0 Å². The Morgan fingerprint density at radius 1 is 1.25 bits per heavy atom. The van der Waals surface area contributed by atoms with Crippen LogP contribution in [0.2, 0.25) is 0 Å². The highest BCUT2D eigenvalue weighted by molar-refractivity contribution is 5.89. The molecule has 2 rings (SSSR count). The van der Waals surface area contributed by atoms with Gasteiger partial charge >= 0.3 is 5.97 Å². The van der Waals surface area contributed by atoms with Gasteiger partial charge in [-0.2, -0.15) is 0 Å². The Morgan fingerprint density at radius 2 is 2.00 bits per heavy atom. The predicted molar refractivity (Wildman–Crippen MR) is 68.8 cm³/mol. The van der Waals surface area contributed by atoms with E-state index in [1.165, 1.54) is 6.07 Å². The lowest BCUT2D eigenvalue weighted by Crippen LogP contribution is -2.07. The van der Waals surface area contributed by atoms with Crippen molar-refractivity contribution in [3.05, 3.63) is 64.7 Å². The zero-order valence-corrected chi connectivity index (χ0v) is 10.7. The molecule has 0 spiro atoms. The summed E-state index contributed by atoms with van der Waals surface area (Å²) in [5.74, 6) is -2.27. The van der Waals surface area contributed by atoms with Crippen LogP contribution in [0.1, 0.15) is 21.5 Å². The molecule has 0 saturated carbocycles. The van der Waals surface area contributed by atoms with Crippen LogP contribution in [-0.2, 0) is 6.61 Å². The number of aryl methyl sites for hydroxylation is 1. The molecule has 20 heavy (non-hydrogen) atoms. The van der Waals surface area contributed by atoms with Crippen LogP contribution in [0.15, 0.2) is 36.4 Å². The maximum absolute atomic E-state index is 13.7. The minimum absolute atomic E-state index is 0.00519. The van der Waals surface area contributed by atoms with Gasteiger partial charge in [0.05, 0.1) is 5.56 Å². The van der Waals surface area contributed by atoms with E-state index in [1.807, 2.05) is 0 Å². The molecule has 0 fully saturated rings. The Kier molecular flexibility index (Phi) is 3.98. The zero-order valence-electron chi connectivity index (χ0n) is 10.7. The fourth-order valence-corrected chi connectivity index (χ4v) is 1.78. The molecule has 0 radical (unpaired) electrons. The number of benzene rings is 2. The van der Waals surface area contributed by atoms with E-state index in [0.717, 1.165) is 18.2 Å². The zero-order chi connectivity index (χ0) is 14.7. The van der Waals surface area contributed by atoms with Crippen molar-refractivity contribution >= 4 is 5.97 Å². The third-order valence-corrected chi connectivity index (χ3v) is 2.84. The van der Waals surface area contributed by atoms with E-state index in [2.05, 4.69) is 0 Å². The average molecular weight is 278 g/mol. The van der Waals surface area contributed by atoms with Crippen LogP contribution in [0.4, 0.5) is 8.78 Å². The number of aromatic carboxylic acids is 1. The molecule has 0 heterocycles. The SMILES string of the molecule is Cc1cccc(OCc2cc(F)ccc2C(=O)O)c1F. The summed E-state index contributed by atoms with van der Waals surface area (Å²) in [6.07, 6.45) is 0. The first-order valence-electron chi connectivity index (χ1n) is 5.88. The highest BCUT2D eigenvalue weighted by Crippen LogP contribution is 2.22. The average Bonchev–Trinajstić information content (AvgIpc) is 2.40. The largest absolute Gasteiger partial charge is 0.486 e. The third-order valence-electron chi connectivity index (χ3n) is 2.84. The molecule has 0 unspecified atom stereocenters. The second-order valence-corrected chi connectivity index (χ2v) is 4.28. The minimum atomic E-state index is -1.19. The van der Waals surface area contributed by atoms with Crippen molar-refractivity contribution in [3.8, 4) is 5.75 Å². The number of ether oxygens (including phenoxy) is 1. The molecule has 3 nitrogen and oxygen atoms in total. The topological polar surface area (TPSA) is 46.5 Å². The quantitative estimate of drug-likeness (QED) is 0.930. The summed E-state index contributed by atoms with van der Waals surface area (Å²) >= 11 is 0. The van der Waals surface area contributed by atoms with Gasteiger partial charge in [0.2, 0.25) is 0 Å². The first-order chi connectivity index (χ1) is 9.49. The summed E-state index contributed by atoms with van der Waals surface area (Å²) in [5.41, 5.74) is 0.498. The lowest BCUT2D eigenvalue weighted by molar-refractivity contribution is 0.0694. The van der Waals surface area contributed by atoms with E-state index in [1.54, 1.807) is 19.1 Å². The Balaban J connectivity index is 2.24. The predicted octanol–water partition coefficient (Wildman–Crippen LogP) is 3.55. The molecule has 0 amide bonds. The van der Waals surface area contributed by atoms with E-state index in [9.17, 15) is 13.6 Å². The van der Waals surface area contributed by atoms with Crippen molar-refractivity contribution in [1.82, 2.24) is 0 Å². The van der Waals surface area contributed by atoms with Crippen LogP contribution in [-0.4, -0.2) is 11.1 Å². The van der Waals surface area contributed by atoms with E-state index in [0.29, 0.717) is 5.56 Å². The Morgan fingerprint density at radius 3 is 2.70 bits per heavy atom. The number of hydrogen-bond acceptors (Lipinski definition) is 2. The summed E-state index contributed by atoms with van der Waals surface area (Å²) in [6.45, 7) is 1.37. The van der Waals surface area contributed by atoms with Gasteiger partial charge in [0.15, 0.2) is 11.6 Å². The lowest BCUT2D eigenvalue weighted by Gasteiger charge is -2.10. The third kappa shape index (κ3) is 2.93. The molecule has 2 aromatic carbocycles. The molecule has 0 aromatic heterocycles. The van der Waals surface area contributed by atoms with Crippen molar-refractivity contribution in [2.24, 2.45) is 0 Å². The minimum Gasteiger partial charge on any atom is -0.486 e. The number of halogens is 2. The van der Waals surface area contributed by atoms with Gasteiger partial charge < -0.3 is 9.84 Å². The molecular formula is C15H12F2O3. The standard InChI is InChI=1S/C15H12F2O3/c1-9-3-2-4-13(14(9)17)20-8-10-7-11(16)5-6-12(10)15(18)19/h2-7H,8H2,1H3,(H,18,19). The van der Waals surface area contributed by atoms with Gasteiger partial charge in [0.1, 0.15) is 12.4 Å². The maximum atomic E-state index is 13.7. The van der Waals surface area contributed by atoms with Crippen LogP contribution >= 0.6 is 0 Å². The van der Waals surface area contributed by atoms with Gasteiger partial charge in [-0.25, -0.2) is 13.6 Å². The van der Waals surface area contributed by atoms with Crippen molar-refractivity contribution in [2.45, 2.75) is 13.5 Å². The normalized spacial score (nSPS) is 10.3. The fraction of sp³-hybridized carbons (Fsp3) is 0.133. The number of hydrogen-bond donors (Lipinski definition) is 1. The van der Waals surface area contributed by atoms with Gasteiger partial charge in [0.25, 0.3) is 0 Å². The Bertz CT molecular complexity index is 654. The van der Waals surface area contributed by atoms with Gasteiger partial charge in [-0.3, -0.25) is 0 Å². The highest BCUT2D eigenvalue weighted by atomic mass is 19.1. The number of carboxylic acid groups (broad SMARTS) is 1. The summed E-state index contributed by atoms with van der Waals surface area (Å²) in [6, 6.07) is 7.92. The Labute approximate surface area is 114 Å². The van der Waals surface area contributed by atoms with Crippen LogP contribution in [0.25, 0.3) is 0 Å². The molecule has 0 saturated heterocycles. The molecular weight excluding hydrogens is 266 g/mol. The van der Waals surface area contributed by atoms with Crippen molar-refractivity contribution in [3.63, 3.8) is 0 Å². The van der Waals surface area contributed by atoms with Crippen molar-refractivity contribution < 1.29 is 23.4 Å². The molecule has 5 heteroatoms. The van der Waals surface area contributed by atoms with E-state index in [-0.39, 0.29) is 23.5 Å². The number of rotatable bonds is 4. The first kappa shape index (κ1) is 14.0. The second-order valence-electron chi connectivity index (χ2n) is 4.28. The van der Waals surface area contributed by atoms with E-state index < -0.39 is 17.6 Å². The van der Waals surface area contributed by atoms with Crippen LogP contribution < -0.4 is 4.74 Å². The lowest BCUT2D eigenvalue weighted by atomic mass is 10.1. The molecule has 0 aliphatic rings.